The zero-order valence-corrected chi connectivity index (χ0v) is 19.1. The number of benzene rings is 1. The lowest BCUT2D eigenvalue weighted by Crippen LogP contribution is -2.45. The number of hydrogen-bond acceptors (Lipinski definition) is 3. The minimum absolute atomic E-state index is 0.0295. The van der Waals surface area contributed by atoms with Crippen LogP contribution >= 0.6 is 11.3 Å². The molecule has 0 N–H and O–H groups in total. The summed E-state index contributed by atoms with van der Waals surface area (Å²) in [6.45, 7) is 6.29. The Balaban J connectivity index is 1.74. The van der Waals surface area contributed by atoms with Crippen molar-refractivity contribution in [2.45, 2.75) is 59.0 Å². The van der Waals surface area contributed by atoms with Gasteiger partial charge in [0.05, 0.1) is 13.1 Å². The lowest BCUT2D eigenvalue weighted by atomic mass is 10.0. The summed E-state index contributed by atoms with van der Waals surface area (Å²) in [5, 5.41) is 2.04. The summed E-state index contributed by atoms with van der Waals surface area (Å²) in [6, 6.07) is 14.2. The number of nitrogens with zero attached hydrogens (tertiary/aromatic N) is 2. The zero-order chi connectivity index (χ0) is 21.3. The van der Waals surface area contributed by atoms with E-state index in [0.29, 0.717) is 25.6 Å². The molecule has 2 amide bonds. The first-order chi connectivity index (χ1) is 14.6. The smallest absolute Gasteiger partial charge is 0.242 e. The van der Waals surface area contributed by atoms with E-state index < -0.39 is 0 Å². The number of amides is 2. The van der Waals surface area contributed by atoms with Crippen LogP contribution < -0.4 is 0 Å². The first-order valence-corrected chi connectivity index (χ1v) is 12.1. The third-order valence-corrected chi connectivity index (χ3v) is 6.93. The Morgan fingerprint density at radius 1 is 1.03 bits per heavy atom. The van der Waals surface area contributed by atoms with Gasteiger partial charge in [0.2, 0.25) is 11.8 Å². The van der Waals surface area contributed by atoms with Crippen molar-refractivity contribution in [3.8, 4) is 0 Å². The number of hydrogen-bond donors (Lipinski definition) is 0. The van der Waals surface area contributed by atoms with Crippen LogP contribution in [0.5, 0.6) is 0 Å². The summed E-state index contributed by atoms with van der Waals surface area (Å²) in [4.78, 5) is 31.5. The van der Waals surface area contributed by atoms with E-state index in [-0.39, 0.29) is 24.3 Å². The van der Waals surface area contributed by atoms with Gasteiger partial charge in [-0.3, -0.25) is 9.59 Å². The van der Waals surface area contributed by atoms with E-state index in [0.717, 1.165) is 42.5 Å². The van der Waals surface area contributed by atoms with Crippen LogP contribution in [0.1, 0.15) is 56.4 Å². The fourth-order valence-corrected chi connectivity index (χ4v) is 4.78. The van der Waals surface area contributed by atoms with Crippen molar-refractivity contribution in [2.75, 3.05) is 13.1 Å². The van der Waals surface area contributed by atoms with Crippen molar-refractivity contribution in [2.24, 2.45) is 11.8 Å². The monoisotopic (exact) mass is 426 g/mol. The van der Waals surface area contributed by atoms with Crippen LogP contribution in [0.3, 0.4) is 0 Å². The van der Waals surface area contributed by atoms with Crippen molar-refractivity contribution >= 4 is 23.2 Å². The highest BCUT2D eigenvalue weighted by atomic mass is 32.1. The second-order valence-electron chi connectivity index (χ2n) is 8.53. The summed E-state index contributed by atoms with van der Waals surface area (Å²) in [5.41, 5.74) is 1.11. The van der Waals surface area contributed by atoms with Gasteiger partial charge >= 0.3 is 0 Å². The van der Waals surface area contributed by atoms with Gasteiger partial charge in [0.1, 0.15) is 0 Å². The second-order valence-corrected chi connectivity index (χ2v) is 9.56. The Hall–Kier alpha value is -2.14. The molecule has 1 heterocycles. The van der Waals surface area contributed by atoms with Crippen molar-refractivity contribution in [1.29, 1.82) is 0 Å². The van der Waals surface area contributed by atoms with E-state index in [1.54, 1.807) is 11.3 Å². The molecule has 0 aliphatic heterocycles. The molecule has 0 saturated heterocycles. The maximum absolute atomic E-state index is 13.4. The zero-order valence-electron chi connectivity index (χ0n) is 18.3. The van der Waals surface area contributed by atoms with Gasteiger partial charge in [-0.2, -0.15) is 0 Å². The quantitative estimate of drug-likeness (QED) is 0.514. The maximum Gasteiger partial charge on any atom is 0.242 e. The van der Waals surface area contributed by atoms with E-state index >= 15 is 0 Å². The minimum atomic E-state index is 0.0295. The van der Waals surface area contributed by atoms with Crippen LogP contribution in [0.15, 0.2) is 47.8 Å². The molecule has 1 saturated carbocycles. The Bertz CT molecular complexity index is 785. The molecular formula is C25H34N2O2S. The average molecular weight is 427 g/mol. The lowest BCUT2D eigenvalue weighted by molar-refractivity contribution is -0.144. The molecular weight excluding hydrogens is 392 g/mol. The number of carbonyl (C=O) groups is 2. The number of thiophene rings is 1. The molecule has 1 aliphatic rings. The predicted octanol–water partition coefficient (Wildman–Crippen LogP) is 5.34. The molecule has 0 spiro atoms. The van der Waals surface area contributed by atoms with E-state index in [1.165, 1.54) is 0 Å². The molecule has 1 aromatic carbocycles. The largest absolute Gasteiger partial charge is 0.333 e. The van der Waals surface area contributed by atoms with Gasteiger partial charge in [0.25, 0.3) is 0 Å². The normalized spacial score (nSPS) is 15.1. The summed E-state index contributed by atoms with van der Waals surface area (Å²) in [5.74, 6) is 0.698. The maximum atomic E-state index is 13.4. The number of carbonyl (C=O) groups excluding carboxylic acids is 2. The van der Waals surface area contributed by atoms with E-state index in [1.807, 2.05) is 39.4 Å². The number of rotatable bonds is 10. The van der Waals surface area contributed by atoms with Crippen molar-refractivity contribution in [3.63, 3.8) is 0 Å². The highest BCUT2D eigenvalue weighted by Crippen LogP contribution is 2.27. The first-order valence-electron chi connectivity index (χ1n) is 11.2. The van der Waals surface area contributed by atoms with Crippen LogP contribution in [0.4, 0.5) is 0 Å². The topological polar surface area (TPSA) is 40.6 Å². The van der Waals surface area contributed by atoms with Crippen LogP contribution in [0.2, 0.25) is 0 Å². The SMILES string of the molecule is CCC(C)CN(CC(=O)N(Cc1ccccc1)Cc1cccs1)C(=O)C1CCCC1. The van der Waals surface area contributed by atoms with Gasteiger partial charge < -0.3 is 9.80 Å². The van der Waals surface area contributed by atoms with E-state index in [2.05, 4.69) is 32.0 Å². The molecule has 4 nitrogen and oxygen atoms in total. The fourth-order valence-electron chi connectivity index (χ4n) is 4.06. The molecule has 3 rings (SSSR count). The predicted molar refractivity (Wildman–Crippen MR) is 123 cm³/mol. The van der Waals surface area contributed by atoms with E-state index in [4.69, 9.17) is 0 Å². The van der Waals surface area contributed by atoms with Gasteiger partial charge in [-0.15, -0.1) is 11.3 Å². The summed E-state index contributed by atoms with van der Waals surface area (Å²) in [6.07, 6.45) is 5.19. The van der Waals surface area contributed by atoms with Crippen molar-refractivity contribution in [1.82, 2.24) is 9.80 Å². The third-order valence-electron chi connectivity index (χ3n) is 6.07. The van der Waals surface area contributed by atoms with Gasteiger partial charge in [0, 0.05) is 23.9 Å². The second kappa shape index (κ2) is 11.3. The van der Waals surface area contributed by atoms with E-state index in [9.17, 15) is 9.59 Å². The lowest BCUT2D eigenvalue weighted by Gasteiger charge is -2.30. The molecule has 5 heteroatoms. The third kappa shape index (κ3) is 6.43. The Morgan fingerprint density at radius 2 is 1.77 bits per heavy atom. The highest BCUT2D eigenvalue weighted by Gasteiger charge is 2.30. The molecule has 0 bridgehead atoms. The van der Waals surface area contributed by atoms with Crippen LogP contribution in [-0.2, 0) is 22.7 Å². The molecule has 1 fully saturated rings. The van der Waals surface area contributed by atoms with Gasteiger partial charge in [-0.05, 0) is 35.8 Å². The highest BCUT2D eigenvalue weighted by molar-refractivity contribution is 7.09. The first kappa shape index (κ1) is 22.5. The van der Waals surface area contributed by atoms with Crippen LogP contribution in [0, 0.1) is 11.8 Å². The molecule has 0 radical (unpaired) electrons. The molecule has 30 heavy (non-hydrogen) atoms. The Morgan fingerprint density at radius 3 is 2.40 bits per heavy atom. The summed E-state index contributed by atoms with van der Waals surface area (Å²) < 4.78 is 0. The molecule has 1 aromatic heterocycles. The Kier molecular flexibility index (Phi) is 8.50. The molecule has 162 valence electrons. The van der Waals surface area contributed by atoms with Crippen molar-refractivity contribution < 1.29 is 9.59 Å². The molecule has 1 atom stereocenters. The van der Waals surface area contributed by atoms with Crippen LogP contribution in [0.25, 0.3) is 0 Å². The average Bonchev–Trinajstić information content (AvgIpc) is 3.47. The molecule has 1 unspecified atom stereocenters. The van der Waals surface area contributed by atoms with Gasteiger partial charge in [-0.1, -0.05) is 69.5 Å². The van der Waals surface area contributed by atoms with Gasteiger partial charge in [0.15, 0.2) is 0 Å². The Labute approximate surface area is 184 Å². The standard InChI is InChI=1S/C25H34N2O2S/c1-3-20(2)16-27(25(29)22-12-7-8-13-22)19-24(28)26(18-23-14-9-15-30-23)17-21-10-5-4-6-11-21/h4-6,9-11,14-15,20,22H,3,7-8,12-13,16-19H2,1-2H3. The summed E-state index contributed by atoms with van der Waals surface area (Å²) >= 11 is 1.66. The fraction of sp³-hybridized carbons (Fsp3) is 0.520. The van der Waals surface area contributed by atoms with Crippen molar-refractivity contribution in [3.05, 3.63) is 58.3 Å². The minimum Gasteiger partial charge on any atom is -0.333 e. The molecule has 1 aliphatic carbocycles. The van der Waals surface area contributed by atoms with Gasteiger partial charge in [-0.25, -0.2) is 0 Å². The summed E-state index contributed by atoms with van der Waals surface area (Å²) in [7, 11) is 0. The van der Waals surface area contributed by atoms with Crippen LogP contribution in [-0.4, -0.2) is 34.7 Å². The molecule has 2 aromatic rings.